The second-order valence-electron chi connectivity index (χ2n) is 10.6. The number of anilines is 1. The van der Waals surface area contributed by atoms with Gasteiger partial charge in [0, 0.05) is 11.0 Å². The summed E-state index contributed by atoms with van der Waals surface area (Å²) in [6.07, 6.45) is 1.55. The molecule has 2 aromatic carbocycles. The van der Waals surface area contributed by atoms with E-state index in [0.717, 1.165) is 28.1 Å². The Hall–Kier alpha value is -3.85. The third-order valence-corrected chi connectivity index (χ3v) is 7.91. The van der Waals surface area contributed by atoms with Crippen LogP contribution in [0.25, 0.3) is 5.69 Å². The lowest BCUT2D eigenvalue weighted by Crippen LogP contribution is -2.42. The molecule has 1 atom stereocenters. The van der Waals surface area contributed by atoms with Crippen LogP contribution >= 0.6 is 11.8 Å². The lowest BCUT2D eigenvalue weighted by atomic mass is 9.87. The van der Waals surface area contributed by atoms with Crippen molar-refractivity contribution >= 4 is 29.4 Å². The topological polar surface area (TPSA) is 80.4 Å². The van der Waals surface area contributed by atoms with Gasteiger partial charge in [-0.15, -0.1) is 11.8 Å². The fourth-order valence-corrected chi connectivity index (χ4v) is 5.94. The van der Waals surface area contributed by atoms with Crippen molar-refractivity contribution in [3.05, 3.63) is 101 Å². The molecule has 0 fully saturated rings. The zero-order valence-corrected chi connectivity index (χ0v) is 23.2. The maximum Gasteiger partial charge on any atom is 0.240 e. The van der Waals surface area contributed by atoms with E-state index in [1.807, 2.05) is 31.2 Å². The first-order valence-electron chi connectivity index (χ1n) is 12.8. The number of hydrogen-bond donors (Lipinski definition) is 1. The first-order valence-corrected chi connectivity index (χ1v) is 13.8. The van der Waals surface area contributed by atoms with Gasteiger partial charge in [-0.25, -0.2) is 9.07 Å². The Morgan fingerprint density at radius 1 is 1.13 bits per heavy atom. The van der Waals surface area contributed by atoms with E-state index in [1.165, 1.54) is 28.8 Å². The van der Waals surface area contributed by atoms with E-state index in [-0.39, 0.29) is 47.1 Å². The molecule has 5 rings (SSSR count). The standard InChI is InChI=1S/C30H31FN4O3S/c1-19-8-5-6-10-23(19)35-29-26(28(33-35)30(2,3)4)27(20-11-13-21(31)14-12-20)39-18-25(37)34(29)17-24(36)32-16-22-9-7-15-38-22/h5-15,27H,16-18H2,1-4H3,(H,32,36)/t27-/m0/s1. The van der Waals surface area contributed by atoms with Crippen molar-refractivity contribution in [3.8, 4) is 5.69 Å². The van der Waals surface area contributed by atoms with Crippen LogP contribution in [-0.2, 0) is 21.5 Å². The number of nitrogens with one attached hydrogen (secondary N) is 1. The molecule has 0 spiro atoms. The first kappa shape index (κ1) is 26.7. The monoisotopic (exact) mass is 546 g/mol. The lowest BCUT2D eigenvalue weighted by molar-refractivity contribution is -0.123. The van der Waals surface area contributed by atoms with Crippen LogP contribution in [0.5, 0.6) is 0 Å². The number of fused-ring (bicyclic) bond motifs is 1. The van der Waals surface area contributed by atoms with Gasteiger partial charge in [-0.2, -0.15) is 5.10 Å². The molecule has 0 bridgehead atoms. The first-order chi connectivity index (χ1) is 18.6. The van der Waals surface area contributed by atoms with E-state index in [2.05, 4.69) is 26.1 Å². The number of nitrogens with zero attached hydrogens (tertiary/aromatic N) is 3. The third kappa shape index (κ3) is 5.49. The maximum atomic E-state index is 13.9. The van der Waals surface area contributed by atoms with Crippen LogP contribution in [-0.4, -0.2) is 33.9 Å². The summed E-state index contributed by atoms with van der Waals surface area (Å²) >= 11 is 1.47. The number of furan rings is 1. The van der Waals surface area contributed by atoms with Crippen molar-refractivity contribution in [1.29, 1.82) is 0 Å². The van der Waals surface area contributed by atoms with Gasteiger partial charge >= 0.3 is 0 Å². The van der Waals surface area contributed by atoms with E-state index in [9.17, 15) is 14.0 Å². The summed E-state index contributed by atoms with van der Waals surface area (Å²) in [7, 11) is 0. The van der Waals surface area contributed by atoms with E-state index in [4.69, 9.17) is 9.52 Å². The van der Waals surface area contributed by atoms with E-state index in [0.29, 0.717) is 11.6 Å². The summed E-state index contributed by atoms with van der Waals surface area (Å²) in [5.41, 5.74) is 3.97. The molecule has 2 aromatic heterocycles. The van der Waals surface area contributed by atoms with Gasteiger partial charge in [0.25, 0.3) is 0 Å². The molecule has 3 heterocycles. The van der Waals surface area contributed by atoms with Crippen LogP contribution in [0.3, 0.4) is 0 Å². The molecule has 0 radical (unpaired) electrons. The highest BCUT2D eigenvalue weighted by molar-refractivity contribution is 8.00. The average molecular weight is 547 g/mol. The SMILES string of the molecule is Cc1ccccc1-n1nc(C(C)(C)C)c2c1N(CC(=O)NCc1ccco1)C(=O)CS[C@H]2c1ccc(F)cc1. The lowest BCUT2D eigenvalue weighted by Gasteiger charge is -2.24. The summed E-state index contributed by atoms with van der Waals surface area (Å²) in [6.45, 7) is 8.28. The van der Waals surface area contributed by atoms with Crippen LogP contribution in [0.1, 0.15) is 54.2 Å². The quantitative estimate of drug-likeness (QED) is 0.336. The summed E-state index contributed by atoms with van der Waals surface area (Å²) in [6, 6.07) is 17.7. The van der Waals surface area contributed by atoms with Gasteiger partial charge in [0.05, 0.1) is 35.2 Å². The minimum absolute atomic E-state index is 0.152. The Morgan fingerprint density at radius 2 is 1.87 bits per heavy atom. The number of aromatic nitrogens is 2. The van der Waals surface area contributed by atoms with Crippen LogP contribution in [0, 0.1) is 12.7 Å². The fraction of sp³-hybridized carbons (Fsp3) is 0.300. The van der Waals surface area contributed by atoms with Crippen molar-refractivity contribution in [2.45, 2.75) is 44.9 Å². The molecule has 2 amide bonds. The number of rotatable bonds is 6. The van der Waals surface area contributed by atoms with Crippen molar-refractivity contribution in [2.24, 2.45) is 0 Å². The molecular formula is C30H31FN4O3S. The fourth-order valence-electron chi connectivity index (χ4n) is 4.74. The minimum Gasteiger partial charge on any atom is -0.467 e. The van der Waals surface area contributed by atoms with E-state index in [1.54, 1.807) is 35.2 Å². The number of amides is 2. The van der Waals surface area contributed by atoms with Gasteiger partial charge in [0.2, 0.25) is 11.8 Å². The second-order valence-corrected chi connectivity index (χ2v) is 11.7. The number of para-hydroxylation sites is 1. The van der Waals surface area contributed by atoms with Gasteiger partial charge in [-0.05, 0) is 48.4 Å². The predicted molar refractivity (Wildman–Crippen MR) is 151 cm³/mol. The van der Waals surface area contributed by atoms with Crippen molar-refractivity contribution in [1.82, 2.24) is 15.1 Å². The molecule has 0 saturated carbocycles. The van der Waals surface area contributed by atoms with Crippen molar-refractivity contribution in [2.75, 3.05) is 17.2 Å². The number of aryl methyl sites for hydroxylation is 1. The zero-order chi connectivity index (χ0) is 27.7. The molecule has 202 valence electrons. The number of carbonyl (C=O) groups is 2. The summed E-state index contributed by atoms with van der Waals surface area (Å²) in [4.78, 5) is 28.4. The molecule has 7 nitrogen and oxygen atoms in total. The molecule has 4 aromatic rings. The average Bonchev–Trinajstić information content (AvgIpc) is 3.53. The summed E-state index contributed by atoms with van der Waals surface area (Å²) in [5.74, 6) is 0.500. The van der Waals surface area contributed by atoms with E-state index >= 15 is 0 Å². The second kappa shape index (κ2) is 10.7. The Balaban J connectivity index is 1.68. The highest BCUT2D eigenvalue weighted by atomic mass is 32.2. The molecule has 1 N–H and O–H groups in total. The Bertz CT molecular complexity index is 1490. The number of thioether (sulfide) groups is 1. The number of halogens is 1. The van der Waals surface area contributed by atoms with Crippen LogP contribution in [0.2, 0.25) is 0 Å². The van der Waals surface area contributed by atoms with Gasteiger partial charge in [-0.1, -0.05) is 51.1 Å². The Kier molecular flexibility index (Phi) is 7.36. The zero-order valence-electron chi connectivity index (χ0n) is 22.4. The van der Waals surface area contributed by atoms with Crippen molar-refractivity contribution < 1.29 is 18.4 Å². The highest BCUT2D eigenvalue weighted by Crippen LogP contribution is 2.48. The van der Waals surface area contributed by atoms with Gasteiger partial charge < -0.3 is 9.73 Å². The maximum absolute atomic E-state index is 13.9. The Morgan fingerprint density at radius 3 is 2.54 bits per heavy atom. The van der Waals surface area contributed by atoms with Crippen molar-refractivity contribution in [3.63, 3.8) is 0 Å². The van der Waals surface area contributed by atoms with Crippen LogP contribution in [0.4, 0.5) is 10.2 Å². The Labute approximate surface area is 231 Å². The molecule has 39 heavy (non-hydrogen) atoms. The smallest absolute Gasteiger partial charge is 0.240 e. The third-order valence-electron chi connectivity index (χ3n) is 6.66. The summed E-state index contributed by atoms with van der Waals surface area (Å²) < 4.78 is 21.0. The molecular weight excluding hydrogens is 515 g/mol. The molecule has 0 unspecified atom stereocenters. The number of benzene rings is 2. The molecule has 9 heteroatoms. The van der Waals surface area contributed by atoms with E-state index < -0.39 is 0 Å². The largest absolute Gasteiger partial charge is 0.467 e. The minimum atomic E-state index is -0.378. The number of carbonyl (C=O) groups excluding carboxylic acids is 2. The van der Waals surface area contributed by atoms with Gasteiger partial charge in [0.15, 0.2) is 0 Å². The normalized spacial score (nSPS) is 15.7. The van der Waals surface area contributed by atoms with Gasteiger partial charge in [-0.3, -0.25) is 14.5 Å². The molecule has 1 aliphatic rings. The molecule has 1 aliphatic heterocycles. The van der Waals surface area contributed by atoms with Crippen LogP contribution < -0.4 is 10.2 Å². The summed E-state index contributed by atoms with van der Waals surface area (Å²) in [5, 5.41) is 7.67. The van der Waals surface area contributed by atoms with Gasteiger partial charge in [0.1, 0.15) is 23.9 Å². The number of hydrogen-bond acceptors (Lipinski definition) is 5. The molecule has 0 saturated heterocycles. The molecule has 0 aliphatic carbocycles. The highest BCUT2D eigenvalue weighted by Gasteiger charge is 2.40. The predicted octanol–water partition coefficient (Wildman–Crippen LogP) is 5.70. The van der Waals surface area contributed by atoms with Crippen LogP contribution in [0.15, 0.2) is 71.3 Å².